The average molecular weight is 408 g/mol. The summed E-state index contributed by atoms with van der Waals surface area (Å²) in [6.07, 6.45) is 0.742. The van der Waals surface area contributed by atoms with Gasteiger partial charge in [0.1, 0.15) is 10.7 Å². The van der Waals surface area contributed by atoms with Gasteiger partial charge >= 0.3 is 0 Å². The third-order valence-corrected chi connectivity index (χ3v) is 6.85. The van der Waals surface area contributed by atoms with Crippen LogP contribution in [-0.4, -0.2) is 41.9 Å². The van der Waals surface area contributed by atoms with Crippen molar-refractivity contribution in [1.29, 1.82) is 0 Å². The van der Waals surface area contributed by atoms with Crippen LogP contribution in [0.25, 0.3) is 0 Å². The molecule has 2 heterocycles. The molecular formula is C19H25FN4O3S. The summed E-state index contributed by atoms with van der Waals surface area (Å²) < 4.78 is 40.4. The molecule has 152 valence electrons. The predicted molar refractivity (Wildman–Crippen MR) is 104 cm³/mol. The quantitative estimate of drug-likeness (QED) is 0.813. The van der Waals surface area contributed by atoms with Crippen LogP contribution < -0.4 is 5.32 Å². The first-order valence-corrected chi connectivity index (χ1v) is 10.6. The molecule has 0 saturated carbocycles. The SMILES string of the molecule is CC(C)(C)c1cc(NC(=O)C2CCN(S(=O)(=O)c3ccccc3F)CC2)n[nH]1. The highest BCUT2D eigenvalue weighted by Gasteiger charge is 2.33. The number of amides is 1. The molecule has 1 aliphatic rings. The molecule has 2 N–H and O–H groups in total. The lowest BCUT2D eigenvalue weighted by atomic mass is 9.92. The van der Waals surface area contributed by atoms with Gasteiger partial charge in [-0.05, 0) is 25.0 Å². The van der Waals surface area contributed by atoms with Gasteiger partial charge in [-0.1, -0.05) is 32.9 Å². The number of hydrogen-bond acceptors (Lipinski definition) is 4. The van der Waals surface area contributed by atoms with Crippen molar-refractivity contribution in [3.63, 3.8) is 0 Å². The summed E-state index contributed by atoms with van der Waals surface area (Å²) in [5.41, 5.74) is 0.802. The van der Waals surface area contributed by atoms with Gasteiger partial charge in [0.2, 0.25) is 15.9 Å². The van der Waals surface area contributed by atoms with Crippen molar-refractivity contribution in [3.05, 3.63) is 41.8 Å². The molecule has 1 aliphatic heterocycles. The highest BCUT2D eigenvalue weighted by Crippen LogP contribution is 2.27. The van der Waals surface area contributed by atoms with Gasteiger partial charge in [-0.2, -0.15) is 9.40 Å². The maximum Gasteiger partial charge on any atom is 0.245 e. The number of nitrogens with zero attached hydrogens (tertiary/aromatic N) is 2. The second kappa shape index (κ2) is 7.63. The van der Waals surface area contributed by atoms with E-state index in [2.05, 4.69) is 15.5 Å². The first kappa shape index (κ1) is 20.5. The van der Waals surface area contributed by atoms with Crippen molar-refractivity contribution < 1.29 is 17.6 Å². The van der Waals surface area contributed by atoms with Crippen molar-refractivity contribution in [2.45, 2.75) is 43.9 Å². The molecule has 0 radical (unpaired) electrons. The molecule has 9 heteroatoms. The summed E-state index contributed by atoms with van der Waals surface area (Å²) in [5.74, 6) is -0.816. The van der Waals surface area contributed by atoms with Crippen molar-refractivity contribution in [2.75, 3.05) is 18.4 Å². The van der Waals surface area contributed by atoms with Crippen LogP contribution in [0, 0.1) is 11.7 Å². The Hall–Kier alpha value is -2.26. The molecule has 7 nitrogen and oxygen atoms in total. The lowest BCUT2D eigenvalue weighted by Crippen LogP contribution is -2.41. The van der Waals surface area contributed by atoms with E-state index in [-0.39, 0.29) is 35.2 Å². The minimum absolute atomic E-state index is 0.109. The smallest absolute Gasteiger partial charge is 0.245 e. The lowest BCUT2D eigenvalue weighted by molar-refractivity contribution is -0.120. The number of aromatic amines is 1. The van der Waals surface area contributed by atoms with Crippen molar-refractivity contribution in [2.24, 2.45) is 5.92 Å². The fraction of sp³-hybridized carbons (Fsp3) is 0.474. The second-order valence-corrected chi connectivity index (χ2v) is 9.92. The zero-order valence-electron chi connectivity index (χ0n) is 16.2. The molecule has 1 amide bonds. The van der Waals surface area contributed by atoms with Gasteiger partial charge in [-0.15, -0.1) is 0 Å². The van der Waals surface area contributed by atoms with Gasteiger partial charge in [0.15, 0.2) is 5.82 Å². The Morgan fingerprint density at radius 2 is 1.89 bits per heavy atom. The van der Waals surface area contributed by atoms with Crippen molar-refractivity contribution >= 4 is 21.7 Å². The summed E-state index contributed by atoms with van der Waals surface area (Å²) in [4.78, 5) is 12.2. The highest BCUT2D eigenvalue weighted by atomic mass is 32.2. The molecule has 0 spiro atoms. The standard InChI is InChI=1S/C19H25FN4O3S/c1-19(2,3)16-12-17(23-22-16)21-18(25)13-8-10-24(11-9-13)28(26,27)15-7-5-4-6-14(15)20/h4-7,12-13H,8-11H2,1-3H3,(H2,21,22,23,25). The molecule has 28 heavy (non-hydrogen) atoms. The molecule has 0 atom stereocenters. The van der Waals surface area contributed by atoms with Gasteiger partial charge in [-0.3, -0.25) is 9.89 Å². The fourth-order valence-electron chi connectivity index (χ4n) is 3.15. The number of halogens is 1. The normalized spacial score (nSPS) is 16.9. The maximum absolute atomic E-state index is 13.9. The molecule has 1 aromatic carbocycles. The van der Waals surface area contributed by atoms with Crippen LogP contribution in [0.4, 0.5) is 10.2 Å². The Morgan fingerprint density at radius 1 is 1.25 bits per heavy atom. The number of carbonyl (C=O) groups is 1. The number of nitrogens with one attached hydrogen (secondary N) is 2. The Morgan fingerprint density at radius 3 is 2.46 bits per heavy atom. The number of anilines is 1. The highest BCUT2D eigenvalue weighted by molar-refractivity contribution is 7.89. The van der Waals surface area contributed by atoms with Crippen LogP contribution in [0.3, 0.4) is 0 Å². The third kappa shape index (κ3) is 4.25. The second-order valence-electron chi connectivity index (χ2n) is 8.01. The van der Waals surface area contributed by atoms with Gasteiger partial charge in [0.05, 0.1) is 0 Å². The minimum Gasteiger partial charge on any atom is -0.309 e. The molecule has 0 aliphatic carbocycles. The van der Waals surface area contributed by atoms with E-state index < -0.39 is 15.8 Å². The third-order valence-electron chi connectivity index (χ3n) is 4.92. The number of carbonyl (C=O) groups excluding carboxylic acids is 1. The molecule has 1 aromatic heterocycles. The zero-order chi connectivity index (χ0) is 20.5. The van der Waals surface area contributed by atoms with Gasteiger partial charge in [-0.25, -0.2) is 12.8 Å². The van der Waals surface area contributed by atoms with E-state index in [4.69, 9.17) is 0 Å². The number of benzene rings is 1. The average Bonchev–Trinajstić information content (AvgIpc) is 3.11. The molecule has 0 unspecified atom stereocenters. The van der Waals surface area contributed by atoms with Crippen LogP contribution >= 0.6 is 0 Å². The summed E-state index contributed by atoms with van der Waals surface area (Å²) in [6.45, 7) is 6.46. The molecule has 2 aromatic rings. The van der Waals surface area contributed by atoms with Gasteiger partial charge in [0.25, 0.3) is 0 Å². The van der Waals surface area contributed by atoms with Crippen LogP contribution in [0.5, 0.6) is 0 Å². The molecular weight excluding hydrogens is 383 g/mol. The number of sulfonamides is 1. The van der Waals surface area contributed by atoms with E-state index >= 15 is 0 Å². The lowest BCUT2D eigenvalue weighted by Gasteiger charge is -2.30. The summed E-state index contributed by atoms with van der Waals surface area (Å²) in [6, 6.07) is 7.13. The van der Waals surface area contributed by atoms with E-state index in [9.17, 15) is 17.6 Å². The zero-order valence-corrected chi connectivity index (χ0v) is 17.0. The Bertz CT molecular complexity index is 958. The summed E-state index contributed by atoms with van der Waals surface area (Å²) >= 11 is 0. The summed E-state index contributed by atoms with van der Waals surface area (Å²) in [5, 5.41) is 9.82. The first-order chi connectivity index (χ1) is 13.1. The summed E-state index contributed by atoms with van der Waals surface area (Å²) in [7, 11) is -3.90. The molecule has 3 rings (SSSR count). The number of aromatic nitrogens is 2. The Balaban J connectivity index is 1.61. The molecule has 1 fully saturated rings. The van der Waals surface area contributed by atoms with Crippen LogP contribution in [0.1, 0.15) is 39.3 Å². The largest absolute Gasteiger partial charge is 0.309 e. The predicted octanol–water partition coefficient (Wildman–Crippen LogP) is 2.89. The van der Waals surface area contributed by atoms with Crippen molar-refractivity contribution in [3.8, 4) is 0 Å². The van der Waals surface area contributed by atoms with Crippen LogP contribution in [-0.2, 0) is 20.2 Å². The van der Waals surface area contributed by atoms with Crippen LogP contribution in [0.2, 0.25) is 0 Å². The van der Waals surface area contributed by atoms with E-state index in [0.29, 0.717) is 18.7 Å². The van der Waals surface area contributed by atoms with Crippen LogP contribution in [0.15, 0.2) is 35.2 Å². The minimum atomic E-state index is -3.90. The van der Waals surface area contributed by atoms with E-state index in [1.807, 2.05) is 20.8 Å². The number of H-pyrrole nitrogens is 1. The van der Waals surface area contributed by atoms with Gasteiger partial charge in [0, 0.05) is 36.2 Å². The maximum atomic E-state index is 13.9. The monoisotopic (exact) mass is 408 g/mol. The number of hydrogen-bond donors (Lipinski definition) is 2. The Labute approximate surface area is 164 Å². The van der Waals surface area contributed by atoms with Gasteiger partial charge < -0.3 is 5.32 Å². The van der Waals surface area contributed by atoms with E-state index in [1.165, 1.54) is 22.5 Å². The first-order valence-electron chi connectivity index (χ1n) is 9.20. The van der Waals surface area contributed by atoms with Crippen molar-refractivity contribution in [1.82, 2.24) is 14.5 Å². The van der Waals surface area contributed by atoms with E-state index in [0.717, 1.165) is 11.8 Å². The number of rotatable bonds is 4. The Kier molecular flexibility index (Phi) is 5.58. The molecule has 1 saturated heterocycles. The molecule has 0 bridgehead atoms. The fourth-order valence-corrected chi connectivity index (χ4v) is 4.68. The number of piperidine rings is 1. The topological polar surface area (TPSA) is 95.2 Å². The van der Waals surface area contributed by atoms with E-state index in [1.54, 1.807) is 6.07 Å².